The number of methoxy groups -OCH3 is 1. The van der Waals surface area contributed by atoms with E-state index in [9.17, 15) is 9.59 Å². The van der Waals surface area contributed by atoms with Crippen molar-refractivity contribution in [2.24, 2.45) is 5.92 Å². The van der Waals surface area contributed by atoms with Crippen molar-refractivity contribution in [3.8, 4) is 5.75 Å². The zero-order valence-corrected chi connectivity index (χ0v) is 13.7. The SMILES string of the molecule is COc1ccc(N2C[C@H](C(=O)N3CCN(C)CC3)CC2=O)cc1. The topological polar surface area (TPSA) is 53.1 Å². The molecule has 2 heterocycles. The molecule has 1 aromatic carbocycles. The minimum atomic E-state index is -0.229. The molecule has 2 aliphatic heterocycles. The normalized spacial score (nSPS) is 22.5. The molecule has 2 amide bonds. The van der Waals surface area contributed by atoms with Crippen molar-refractivity contribution in [2.75, 3.05) is 51.8 Å². The predicted molar refractivity (Wildman–Crippen MR) is 87.5 cm³/mol. The number of amides is 2. The molecule has 0 aliphatic carbocycles. The lowest BCUT2D eigenvalue weighted by atomic mass is 10.1. The maximum absolute atomic E-state index is 12.6. The molecule has 2 saturated heterocycles. The van der Waals surface area contributed by atoms with Crippen molar-refractivity contribution in [1.29, 1.82) is 0 Å². The summed E-state index contributed by atoms with van der Waals surface area (Å²) in [6, 6.07) is 7.38. The molecule has 0 radical (unpaired) electrons. The maximum Gasteiger partial charge on any atom is 0.228 e. The Kier molecular flexibility index (Phi) is 4.52. The number of benzene rings is 1. The van der Waals surface area contributed by atoms with E-state index in [2.05, 4.69) is 11.9 Å². The van der Waals surface area contributed by atoms with Gasteiger partial charge in [-0.1, -0.05) is 0 Å². The Bertz CT molecular complexity index is 579. The van der Waals surface area contributed by atoms with Gasteiger partial charge in [-0.3, -0.25) is 9.59 Å². The van der Waals surface area contributed by atoms with Gasteiger partial charge in [-0.2, -0.15) is 0 Å². The van der Waals surface area contributed by atoms with Gasteiger partial charge in [-0.15, -0.1) is 0 Å². The molecule has 2 aliphatic rings. The number of hydrogen-bond donors (Lipinski definition) is 0. The van der Waals surface area contributed by atoms with Gasteiger partial charge in [0.2, 0.25) is 11.8 Å². The van der Waals surface area contributed by atoms with Crippen molar-refractivity contribution in [2.45, 2.75) is 6.42 Å². The van der Waals surface area contributed by atoms with Crippen LogP contribution in [-0.4, -0.2) is 68.5 Å². The summed E-state index contributed by atoms with van der Waals surface area (Å²) in [6.07, 6.45) is 0.303. The fourth-order valence-corrected chi connectivity index (χ4v) is 3.17. The van der Waals surface area contributed by atoms with Gasteiger partial charge in [0.15, 0.2) is 0 Å². The molecule has 1 atom stereocenters. The van der Waals surface area contributed by atoms with Crippen LogP contribution in [0.25, 0.3) is 0 Å². The van der Waals surface area contributed by atoms with E-state index in [1.165, 1.54) is 0 Å². The second-order valence-electron chi connectivity index (χ2n) is 6.23. The van der Waals surface area contributed by atoms with E-state index in [0.29, 0.717) is 13.0 Å². The van der Waals surface area contributed by atoms with E-state index in [1.807, 2.05) is 29.2 Å². The zero-order chi connectivity index (χ0) is 16.4. The highest BCUT2D eigenvalue weighted by atomic mass is 16.5. The van der Waals surface area contributed by atoms with Crippen molar-refractivity contribution in [1.82, 2.24) is 9.80 Å². The molecule has 23 heavy (non-hydrogen) atoms. The summed E-state index contributed by atoms with van der Waals surface area (Å²) in [5.74, 6) is 0.656. The lowest BCUT2D eigenvalue weighted by Gasteiger charge is -2.33. The van der Waals surface area contributed by atoms with Crippen LogP contribution in [0.1, 0.15) is 6.42 Å². The first-order valence-electron chi connectivity index (χ1n) is 8.00. The number of anilines is 1. The van der Waals surface area contributed by atoms with Crippen LogP contribution >= 0.6 is 0 Å². The largest absolute Gasteiger partial charge is 0.497 e. The lowest BCUT2D eigenvalue weighted by Crippen LogP contribution is -2.49. The summed E-state index contributed by atoms with van der Waals surface area (Å²) in [7, 11) is 3.67. The Morgan fingerprint density at radius 1 is 1.13 bits per heavy atom. The fraction of sp³-hybridized carbons (Fsp3) is 0.529. The summed E-state index contributed by atoms with van der Waals surface area (Å²) in [6.45, 7) is 3.77. The molecule has 2 fully saturated rings. The Balaban J connectivity index is 1.65. The average Bonchev–Trinajstić information content (AvgIpc) is 2.97. The van der Waals surface area contributed by atoms with Crippen LogP contribution in [0.2, 0.25) is 0 Å². The molecule has 0 aromatic heterocycles. The molecule has 0 saturated carbocycles. The van der Waals surface area contributed by atoms with Crippen LogP contribution in [-0.2, 0) is 9.59 Å². The predicted octanol–water partition coefficient (Wildman–Crippen LogP) is 0.822. The molecule has 124 valence electrons. The van der Waals surface area contributed by atoms with Gasteiger partial charge >= 0.3 is 0 Å². The number of hydrogen-bond acceptors (Lipinski definition) is 4. The fourth-order valence-electron chi connectivity index (χ4n) is 3.17. The summed E-state index contributed by atoms with van der Waals surface area (Å²) in [5.41, 5.74) is 0.824. The van der Waals surface area contributed by atoms with Gasteiger partial charge in [0, 0.05) is 44.8 Å². The number of piperazine rings is 1. The van der Waals surface area contributed by atoms with Gasteiger partial charge < -0.3 is 19.4 Å². The molecule has 0 bridgehead atoms. The van der Waals surface area contributed by atoms with E-state index >= 15 is 0 Å². The first-order chi connectivity index (χ1) is 11.1. The second kappa shape index (κ2) is 6.58. The van der Waals surface area contributed by atoms with Gasteiger partial charge in [0.1, 0.15) is 5.75 Å². The summed E-state index contributed by atoms with van der Waals surface area (Å²) in [4.78, 5) is 30.8. The standard InChI is InChI=1S/C17H23N3O3/c1-18-7-9-19(10-8-18)17(22)13-11-16(21)20(12-13)14-3-5-15(23-2)6-4-14/h3-6,13H,7-12H2,1-2H3/t13-/m1/s1. The van der Waals surface area contributed by atoms with Gasteiger partial charge in [0.05, 0.1) is 13.0 Å². The smallest absolute Gasteiger partial charge is 0.228 e. The molecule has 1 aromatic rings. The summed E-state index contributed by atoms with van der Waals surface area (Å²) in [5, 5.41) is 0. The molecule has 0 N–H and O–H groups in total. The Morgan fingerprint density at radius 3 is 2.39 bits per heavy atom. The Morgan fingerprint density at radius 2 is 1.78 bits per heavy atom. The van der Waals surface area contributed by atoms with Crippen LogP contribution in [0.15, 0.2) is 24.3 Å². The zero-order valence-electron chi connectivity index (χ0n) is 13.7. The van der Waals surface area contributed by atoms with E-state index in [4.69, 9.17) is 4.74 Å². The number of likely N-dealkylation sites (N-methyl/N-ethyl adjacent to an activating group) is 1. The summed E-state index contributed by atoms with van der Waals surface area (Å²) < 4.78 is 5.14. The van der Waals surface area contributed by atoms with Crippen molar-refractivity contribution < 1.29 is 14.3 Å². The van der Waals surface area contributed by atoms with Crippen LogP contribution in [0.3, 0.4) is 0 Å². The number of ether oxygens (including phenoxy) is 1. The molecule has 6 nitrogen and oxygen atoms in total. The first kappa shape index (κ1) is 15.8. The van der Waals surface area contributed by atoms with Crippen LogP contribution < -0.4 is 9.64 Å². The highest BCUT2D eigenvalue weighted by Crippen LogP contribution is 2.28. The van der Waals surface area contributed by atoms with E-state index < -0.39 is 0 Å². The van der Waals surface area contributed by atoms with Gasteiger partial charge in [-0.25, -0.2) is 0 Å². The lowest BCUT2D eigenvalue weighted by molar-refractivity contribution is -0.137. The third-order valence-corrected chi connectivity index (χ3v) is 4.67. The minimum Gasteiger partial charge on any atom is -0.497 e. The van der Waals surface area contributed by atoms with Gasteiger partial charge in [-0.05, 0) is 31.3 Å². The van der Waals surface area contributed by atoms with Crippen molar-refractivity contribution in [3.05, 3.63) is 24.3 Å². The molecule has 0 unspecified atom stereocenters. The summed E-state index contributed by atoms with van der Waals surface area (Å²) >= 11 is 0. The number of nitrogens with zero attached hydrogens (tertiary/aromatic N) is 3. The Labute approximate surface area is 136 Å². The molecular formula is C17H23N3O3. The molecular weight excluding hydrogens is 294 g/mol. The number of rotatable bonds is 3. The molecule has 3 rings (SSSR count). The van der Waals surface area contributed by atoms with Crippen LogP contribution in [0, 0.1) is 5.92 Å². The van der Waals surface area contributed by atoms with E-state index in [0.717, 1.165) is 37.6 Å². The van der Waals surface area contributed by atoms with Crippen molar-refractivity contribution >= 4 is 17.5 Å². The van der Waals surface area contributed by atoms with Crippen LogP contribution in [0.5, 0.6) is 5.75 Å². The first-order valence-corrected chi connectivity index (χ1v) is 8.00. The van der Waals surface area contributed by atoms with E-state index in [1.54, 1.807) is 12.0 Å². The number of carbonyl (C=O) groups excluding carboxylic acids is 2. The third kappa shape index (κ3) is 3.32. The quantitative estimate of drug-likeness (QED) is 0.828. The second-order valence-corrected chi connectivity index (χ2v) is 6.23. The monoisotopic (exact) mass is 317 g/mol. The van der Waals surface area contributed by atoms with E-state index in [-0.39, 0.29) is 17.7 Å². The highest BCUT2D eigenvalue weighted by molar-refractivity contribution is 6.00. The van der Waals surface area contributed by atoms with Crippen LogP contribution in [0.4, 0.5) is 5.69 Å². The number of carbonyl (C=O) groups is 2. The maximum atomic E-state index is 12.6. The Hall–Kier alpha value is -2.08. The van der Waals surface area contributed by atoms with Crippen molar-refractivity contribution in [3.63, 3.8) is 0 Å². The molecule has 0 spiro atoms. The highest BCUT2D eigenvalue weighted by Gasteiger charge is 2.37. The average molecular weight is 317 g/mol. The van der Waals surface area contributed by atoms with Gasteiger partial charge in [0.25, 0.3) is 0 Å². The third-order valence-electron chi connectivity index (χ3n) is 4.67. The minimum absolute atomic E-state index is 0.0163. The molecule has 6 heteroatoms.